The fourth-order valence-electron chi connectivity index (χ4n) is 2.32. The molecule has 3 aliphatic rings. The van der Waals surface area contributed by atoms with Gasteiger partial charge in [-0.15, -0.1) is 0 Å². The summed E-state index contributed by atoms with van der Waals surface area (Å²) in [6.07, 6.45) is 2.44. The van der Waals surface area contributed by atoms with E-state index in [1.807, 2.05) is 0 Å². The van der Waals surface area contributed by atoms with Crippen molar-refractivity contribution in [1.82, 2.24) is 0 Å². The van der Waals surface area contributed by atoms with Gasteiger partial charge >= 0.3 is 0 Å². The van der Waals surface area contributed by atoms with Gasteiger partial charge in [-0.1, -0.05) is 5.16 Å². The molecule has 3 aliphatic heterocycles. The third-order valence-electron chi connectivity index (χ3n) is 3.18. The standard InChI is InChI=1S/C8H14N2O/c1-10-4-2-7(3-5-10)8(6-10)9-11/h7H,2-6H2,1H3/p+1/b9-8-. The van der Waals surface area contributed by atoms with Crippen molar-refractivity contribution in [3.05, 3.63) is 0 Å². The fourth-order valence-corrected chi connectivity index (χ4v) is 2.32. The monoisotopic (exact) mass is 155 g/mol. The Labute approximate surface area is 66.9 Å². The minimum atomic E-state index is 0.597. The van der Waals surface area contributed by atoms with Gasteiger partial charge in [0, 0.05) is 18.8 Å². The van der Waals surface area contributed by atoms with Gasteiger partial charge in [0.25, 0.3) is 0 Å². The molecule has 0 atom stereocenters. The van der Waals surface area contributed by atoms with E-state index in [1.54, 1.807) is 0 Å². The maximum absolute atomic E-state index is 8.71. The fraction of sp³-hybridized carbons (Fsp3) is 0.875. The largest absolute Gasteiger partial charge is 0.411 e. The van der Waals surface area contributed by atoms with Crippen LogP contribution in [0.3, 0.4) is 0 Å². The van der Waals surface area contributed by atoms with E-state index in [9.17, 15) is 0 Å². The summed E-state index contributed by atoms with van der Waals surface area (Å²) in [4.78, 5) is 0. The molecule has 0 aliphatic carbocycles. The number of nitrogens with zero attached hydrogens (tertiary/aromatic N) is 2. The summed E-state index contributed by atoms with van der Waals surface area (Å²) in [6, 6.07) is 0. The molecule has 3 fully saturated rings. The molecule has 1 N–H and O–H groups in total. The predicted octanol–water partition coefficient (Wildman–Crippen LogP) is 0.687. The molecule has 0 unspecified atom stereocenters. The van der Waals surface area contributed by atoms with Gasteiger partial charge in [-0.25, -0.2) is 0 Å². The maximum Gasteiger partial charge on any atom is 0.121 e. The van der Waals surface area contributed by atoms with E-state index in [0.717, 1.165) is 16.7 Å². The summed E-state index contributed by atoms with van der Waals surface area (Å²) in [7, 11) is 2.25. The molecule has 0 saturated carbocycles. The third-order valence-corrected chi connectivity index (χ3v) is 3.18. The Hall–Kier alpha value is -0.570. The molecule has 3 saturated heterocycles. The number of hydrogen-bond acceptors (Lipinski definition) is 2. The Morgan fingerprint density at radius 3 is 2.45 bits per heavy atom. The molecule has 0 aromatic carbocycles. The van der Waals surface area contributed by atoms with Crippen molar-refractivity contribution in [3.8, 4) is 0 Å². The van der Waals surface area contributed by atoms with Crippen molar-refractivity contribution < 1.29 is 9.69 Å². The highest BCUT2D eigenvalue weighted by atomic mass is 16.4. The first-order chi connectivity index (χ1) is 5.23. The summed E-state index contributed by atoms with van der Waals surface area (Å²) in [6.45, 7) is 3.51. The van der Waals surface area contributed by atoms with Gasteiger partial charge in [-0.05, 0) is 0 Å². The summed E-state index contributed by atoms with van der Waals surface area (Å²) in [5.74, 6) is 0.597. The van der Waals surface area contributed by atoms with Crippen molar-refractivity contribution in [3.63, 3.8) is 0 Å². The van der Waals surface area contributed by atoms with Crippen molar-refractivity contribution >= 4 is 5.71 Å². The molecule has 3 heterocycles. The lowest BCUT2D eigenvalue weighted by Crippen LogP contribution is -2.59. The Bertz CT molecular complexity index is 192. The van der Waals surface area contributed by atoms with E-state index in [0.29, 0.717) is 5.92 Å². The van der Waals surface area contributed by atoms with Crippen LogP contribution < -0.4 is 0 Å². The zero-order chi connectivity index (χ0) is 7.90. The van der Waals surface area contributed by atoms with E-state index in [4.69, 9.17) is 5.21 Å². The average molecular weight is 155 g/mol. The predicted molar refractivity (Wildman–Crippen MR) is 42.7 cm³/mol. The Balaban J connectivity index is 2.22. The lowest BCUT2D eigenvalue weighted by molar-refractivity contribution is -0.911. The van der Waals surface area contributed by atoms with Gasteiger partial charge in [0.1, 0.15) is 12.3 Å². The van der Waals surface area contributed by atoms with Crippen LogP contribution in [0.5, 0.6) is 0 Å². The number of fused-ring (bicyclic) bond motifs is 3. The normalized spacial score (nSPS) is 46.6. The van der Waals surface area contributed by atoms with E-state index in [2.05, 4.69) is 12.2 Å². The van der Waals surface area contributed by atoms with Crippen LogP contribution in [0.25, 0.3) is 0 Å². The first-order valence-electron chi connectivity index (χ1n) is 4.28. The smallest absolute Gasteiger partial charge is 0.121 e. The van der Waals surface area contributed by atoms with Crippen molar-refractivity contribution in [2.45, 2.75) is 12.8 Å². The summed E-state index contributed by atoms with van der Waals surface area (Å²) in [5.41, 5.74) is 1.03. The minimum Gasteiger partial charge on any atom is -0.411 e. The molecule has 3 nitrogen and oxygen atoms in total. The summed E-state index contributed by atoms with van der Waals surface area (Å²) < 4.78 is 1.09. The second-order valence-corrected chi connectivity index (χ2v) is 4.09. The quantitative estimate of drug-likeness (QED) is 0.311. The number of piperidine rings is 3. The molecule has 0 aromatic heterocycles. The SMILES string of the molecule is C[N+]12CCC(CC1)/C(=N\O)C2. The molecule has 3 rings (SSSR count). The van der Waals surface area contributed by atoms with Crippen LogP contribution in [0.1, 0.15) is 12.8 Å². The van der Waals surface area contributed by atoms with E-state index < -0.39 is 0 Å². The van der Waals surface area contributed by atoms with Crippen LogP contribution in [0, 0.1) is 5.92 Å². The molecule has 0 spiro atoms. The van der Waals surface area contributed by atoms with Crippen LogP contribution >= 0.6 is 0 Å². The van der Waals surface area contributed by atoms with Crippen molar-refractivity contribution in [1.29, 1.82) is 0 Å². The summed E-state index contributed by atoms with van der Waals surface area (Å²) >= 11 is 0. The summed E-state index contributed by atoms with van der Waals surface area (Å²) in [5, 5.41) is 12.1. The Kier molecular flexibility index (Phi) is 1.42. The zero-order valence-electron chi connectivity index (χ0n) is 6.95. The second-order valence-electron chi connectivity index (χ2n) is 4.09. The number of quaternary nitrogens is 1. The van der Waals surface area contributed by atoms with Crippen LogP contribution in [0.15, 0.2) is 5.16 Å². The molecule has 11 heavy (non-hydrogen) atoms. The van der Waals surface area contributed by atoms with Crippen LogP contribution in [-0.4, -0.2) is 42.1 Å². The second kappa shape index (κ2) is 2.21. The van der Waals surface area contributed by atoms with E-state index in [-0.39, 0.29) is 0 Å². The molecule has 62 valence electrons. The first-order valence-corrected chi connectivity index (χ1v) is 4.28. The van der Waals surface area contributed by atoms with Crippen LogP contribution in [-0.2, 0) is 0 Å². The molecule has 0 amide bonds. The van der Waals surface area contributed by atoms with Gasteiger partial charge in [0.2, 0.25) is 0 Å². The van der Waals surface area contributed by atoms with Gasteiger partial charge in [-0.3, -0.25) is 0 Å². The zero-order valence-corrected chi connectivity index (χ0v) is 6.95. The lowest BCUT2D eigenvalue weighted by atomic mass is 9.85. The molecule has 3 heteroatoms. The molecular formula is C8H15N2O+. The van der Waals surface area contributed by atoms with Crippen LogP contribution in [0.2, 0.25) is 0 Å². The highest BCUT2D eigenvalue weighted by Gasteiger charge is 2.41. The van der Waals surface area contributed by atoms with Crippen molar-refractivity contribution in [2.75, 3.05) is 26.7 Å². The molecular weight excluding hydrogens is 140 g/mol. The molecule has 0 aromatic rings. The van der Waals surface area contributed by atoms with Gasteiger partial charge < -0.3 is 9.69 Å². The van der Waals surface area contributed by atoms with Crippen LogP contribution in [0.4, 0.5) is 0 Å². The highest BCUT2D eigenvalue weighted by molar-refractivity contribution is 5.88. The van der Waals surface area contributed by atoms with Gasteiger partial charge in [-0.2, -0.15) is 0 Å². The Morgan fingerprint density at radius 2 is 2.09 bits per heavy atom. The number of hydrogen-bond donors (Lipinski definition) is 1. The highest BCUT2D eigenvalue weighted by Crippen LogP contribution is 2.29. The first kappa shape index (κ1) is 7.10. The topological polar surface area (TPSA) is 32.6 Å². The molecule has 2 bridgehead atoms. The number of rotatable bonds is 0. The Morgan fingerprint density at radius 1 is 1.45 bits per heavy atom. The van der Waals surface area contributed by atoms with Crippen molar-refractivity contribution in [2.24, 2.45) is 11.1 Å². The van der Waals surface area contributed by atoms with E-state index >= 15 is 0 Å². The maximum atomic E-state index is 8.71. The van der Waals surface area contributed by atoms with Gasteiger partial charge in [0.15, 0.2) is 0 Å². The van der Waals surface area contributed by atoms with E-state index in [1.165, 1.54) is 25.9 Å². The minimum absolute atomic E-state index is 0.597. The number of oxime groups is 1. The third kappa shape index (κ3) is 1.03. The molecule has 0 radical (unpaired) electrons. The van der Waals surface area contributed by atoms with Gasteiger partial charge in [0.05, 0.1) is 20.1 Å². The average Bonchev–Trinajstić information content (AvgIpc) is 2.04. The lowest BCUT2D eigenvalue weighted by Gasteiger charge is -2.46.